The molecule has 0 bridgehead atoms. The first kappa shape index (κ1) is 16.4. The van der Waals surface area contributed by atoms with Crippen LogP contribution in [-0.4, -0.2) is 36.4 Å². The van der Waals surface area contributed by atoms with E-state index >= 15 is 0 Å². The molecule has 1 fully saturated rings. The average Bonchev–Trinajstić information content (AvgIpc) is 3.24. The minimum atomic E-state index is 0.129. The zero-order valence-corrected chi connectivity index (χ0v) is 15.7. The first-order valence-corrected chi connectivity index (χ1v) is 9.69. The molecule has 1 aromatic carbocycles. The van der Waals surface area contributed by atoms with Gasteiger partial charge in [-0.15, -0.1) is 5.10 Å². The van der Waals surface area contributed by atoms with Gasteiger partial charge < -0.3 is 4.90 Å². The van der Waals surface area contributed by atoms with Gasteiger partial charge in [0.15, 0.2) is 5.82 Å². The molecule has 2 aliphatic carbocycles. The van der Waals surface area contributed by atoms with Crippen molar-refractivity contribution < 1.29 is 4.79 Å². The molecule has 6 heteroatoms. The number of fused-ring (bicyclic) bond motifs is 2. The first-order valence-electron chi connectivity index (χ1n) is 9.69. The predicted molar refractivity (Wildman–Crippen MR) is 101 cm³/mol. The van der Waals surface area contributed by atoms with Crippen LogP contribution in [0.15, 0.2) is 30.3 Å². The van der Waals surface area contributed by atoms with Gasteiger partial charge >= 0.3 is 0 Å². The van der Waals surface area contributed by atoms with Crippen LogP contribution in [0.1, 0.15) is 53.6 Å². The molecule has 5 rings (SSSR count). The lowest BCUT2D eigenvalue weighted by Gasteiger charge is -2.29. The van der Waals surface area contributed by atoms with E-state index in [0.717, 1.165) is 37.1 Å². The zero-order valence-electron chi connectivity index (χ0n) is 15.7. The molecular weight excluding hydrogens is 338 g/mol. The topological polar surface area (TPSA) is 63.4 Å². The number of aryl methyl sites for hydroxylation is 3. The second-order valence-electron chi connectivity index (χ2n) is 7.74. The number of rotatable bonds is 4. The number of carbonyl (C=O) groups excluding carboxylic acids is 1. The minimum Gasteiger partial charge on any atom is -0.332 e. The van der Waals surface area contributed by atoms with Crippen molar-refractivity contribution in [3.63, 3.8) is 0 Å². The van der Waals surface area contributed by atoms with Crippen molar-refractivity contribution in [2.75, 3.05) is 0 Å². The number of hydrogen-bond donors (Lipinski definition) is 0. The maximum atomic E-state index is 13.2. The Morgan fingerprint density at radius 3 is 2.81 bits per heavy atom. The van der Waals surface area contributed by atoms with Gasteiger partial charge in [0.2, 0.25) is 5.91 Å². The quantitative estimate of drug-likeness (QED) is 0.717. The molecule has 1 atom stereocenters. The van der Waals surface area contributed by atoms with Crippen molar-refractivity contribution in [1.82, 2.24) is 24.5 Å². The lowest BCUT2D eigenvalue weighted by atomic mass is 10.1. The Morgan fingerprint density at radius 1 is 1.19 bits per heavy atom. The van der Waals surface area contributed by atoms with Gasteiger partial charge in [0.25, 0.3) is 5.78 Å². The van der Waals surface area contributed by atoms with Crippen LogP contribution in [0.2, 0.25) is 0 Å². The highest BCUT2D eigenvalue weighted by molar-refractivity contribution is 5.79. The van der Waals surface area contributed by atoms with E-state index in [4.69, 9.17) is 0 Å². The van der Waals surface area contributed by atoms with E-state index in [1.807, 2.05) is 19.9 Å². The van der Waals surface area contributed by atoms with Crippen LogP contribution >= 0.6 is 0 Å². The SMILES string of the molecule is Cc1cc(C)n2nc(CC(=O)N(C3CC3)C3CCc4ccccc43)nc2n1. The van der Waals surface area contributed by atoms with Crippen molar-refractivity contribution in [3.8, 4) is 0 Å². The van der Waals surface area contributed by atoms with E-state index in [-0.39, 0.29) is 18.4 Å². The highest BCUT2D eigenvalue weighted by atomic mass is 16.2. The van der Waals surface area contributed by atoms with Gasteiger partial charge in [-0.25, -0.2) is 9.50 Å². The van der Waals surface area contributed by atoms with E-state index in [1.165, 1.54) is 11.1 Å². The summed E-state index contributed by atoms with van der Waals surface area (Å²) in [7, 11) is 0. The maximum Gasteiger partial charge on any atom is 0.252 e. The number of aromatic nitrogens is 4. The van der Waals surface area contributed by atoms with Crippen LogP contribution in [-0.2, 0) is 17.6 Å². The number of hydrogen-bond acceptors (Lipinski definition) is 4. The van der Waals surface area contributed by atoms with Crippen LogP contribution in [0.5, 0.6) is 0 Å². The Bertz CT molecular complexity index is 1040. The molecule has 3 aromatic rings. The summed E-state index contributed by atoms with van der Waals surface area (Å²) in [5.74, 6) is 1.25. The van der Waals surface area contributed by atoms with Crippen LogP contribution in [0.4, 0.5) is 0 Å². The second-order valence-corrected chi connectivity index (χ2v) is 7.74. The van der Waals surface area contributed by atoms with E-state index in [9.17, 15) is 4.79 Å². The Kier molecular flexibility index (Phi) is 3.74. The number of nitrogens with zero attached hydrogens (tertiary/aromatic N) is 5. The molecule has 0 aliphatic heterocycles. The monoisotopic (exact) mass is 361 g/mol. The molecule has 0 saturated heterocycles. The van der Waals surface area contributed by atoms with Crippen LogP contribution in [0, 0.1) is 13.8 Å². The molecule has 27 heavy (non-hydrogen) atoms. The van der Waals surface area contributed by atoms with Crippen molar-refractivity contribution in [2.24, 2.45) is 0 Å². The highest BCUT2D eigenvalue weighted by Crippen LogP contribution is 2.42. The summed E-state index contributed by atoms with van der Waals surface area (Å²) in [5, 5.41) is 4.52. The van der Waals surface area contributed by atoms with E-state index in [0.29, 0.717) is 17.6 Å². The summed E-state index contributed by atoms with van der Waals surface area (Å²) in [6, 6.07) is 11.1. The summed E-state index contributed by atoms with van der Waals surface area (Å²) in [6.07, 6.45) is 4.50. The van der Waals surface area contributed by atoms with Gasteiger partial charge in [0.05, 0.1) is 12.5 Å². The molecule has 6 nitrogen and oxygen atoms in total. The smallest absolute Gasteiger partial charge is 0.252 e. The fourth-order valence-corrected chi connectivity index (χ4v) is 4.32. The second kappa shape index (κ2) is 6.15. The van der Waals surface area contributed by atoms with Crippen molar-refractivity contribution in [1.29, 1.82) is 0 Å². The summed E-state index contributed by atoms with van der Waals surface area (Å²) < 4.78 is 1.72. The number of carbonyl (C=O) groups is 1. The van der Waals surface area contributed by atoms with Gasteiger partial charge in [-0.05, 0) is 56.7 Å². The molecular formula is C21H23N5O. The molecule has 0 N–H and O–H groups in total. The fourth-order valence-electron chi connectivity index (χ4n) is 4.32. The molecule has 2 aliphatic rings. The van der Waals surface area contributed by atoms with E-state index < -0.39 is 0 Å². The van der Waals surface area contributed by atoms with Crippen molar-refractivity contribution in [2.45, 2.75) is 58.0 Å². The van der Waals surface area contributed by atoms with Crippen LogP contribution in [0.25, 0.3) is 5.78 Å². The lowest BCUT2D eigenvalue weighted by Crippen LogP contribution is -2.37. The average molecular weight is 361 g/mol. The van der Waals surface area contributed by atoms with Gasteiger partial charge in [-0.2, -0.15) is 4.98 Å². The van der Waals surface area contributed by atoms with Gasteiger partial charge in [-0.3, -0.25) is 4.79 Å². The fraction of sp³-hybridized carbons (Fsp3) is 0.429. The Morgan fingerprint density at radius 2 is 2.00 bits per heavy atom. The summed E-state index contributed by atoms with van der Waals surface area (Å²) in [6.45, 7) is 3.92. The number of amides is 1. The molecule has 2 heterocycles. The molecule has 1 amide bonds. The number of benzene rings is 1. The zero-order chi connectivity index (χ0) is 18.5. The normalized spacial score (nSPS) is 18.7. The first-order chi connectivity index (χ1) is 13.1. The highest BCUT2D eigenvalue weighted by Gasteiger charge is 2.40. The van der Waals surface area contributed by atoms with Gasteiger partial charge in [0, 0.05) is 17.4 Å². The maximum absolute atomic E-state index is 13.2. The lowest BCUT2D eigenvalue weighted by molar-refractivity contribution is -0.133. The Hall–Kier alpha value is -2.76. The Balaban J connectivity index is 1.43. The third kappa shape index (κ3) is 2.89. The van der Waals surface area contributed by atoms with Gasteiger partial charge in [0.1, 0.15) is 0 Å². The largest absolute Gasteiger partial charge is 0.332 e. The van der Waals surface area contributed by atoms with Gasteiger partial charge in [-0.1, -0.05) is 24.3 Å². The summed E-state index contributed by atoms with van der Waals surface area (Å²) >= 11 is 0. The Labute approximate surface area is 158 Å². The predicted octanol–water partition coefficient (Wildman–Crippen LogP) is 2.96. The molecule has 1 unspecified atom stereocenters. The third-order valence-corrected chi connectivity index (χ3v) is 5.64. The molecule has 2 aromatic heterocycles. The van der Waals surface area contributed by atoms with Crippen molar-refractivity contribution >= 4 is 11.7 Å². The summed E-state index contributed by atoms with van der Waals surface area (Å²) in [4.78, 5) is 24.3. The third-order valence-electron chi connectivity index (χ3n) is 5.64. The molecule has 1 saturated carbocycles. The standard InChI is InChI=1S/C21H23N5O/c1-13-11-14(2)26-21(22-13)23-19(24-26)12-20(27)25(16-8-9-16)18-10-7-15-5-3-4-6-17(15)18/h3-6,11,16,18H,7-10,12H2,1-2H3. The molecule has 138 valence electrons. The van der Waals surface area contributed by atoms with E-state index in [1.54, 1.807) is 4.52 Å². The van der Waals surface area contributed by atoms with Crippen LogP contribution < -0.4 is 0 Å². The minimum absolute atomic E-state index is 0.129. The molecule has 0 radical (unpaired) electrons. The van der Waals surface area contributed by atoms with Crippen LogP contribution in [0.3, 0.4) is 0 Å². The summed E-state index contributed by atoms with van der Waals surface area (Å²) in [5.41, 5.74) is 4.58. The molecule has 0 spiro atoms. The van der Waals surface area contributed by atoms with E-state index in [2.05, 4.69) is 44.2 Å². The van der Waals surface area contributed by atoms with Crippen molar-refractivity contribution in [3.05, 3.63) is 58.7 Å².